The molecule has 0 spiro atoms. The predicted octanol–water partition coefficient (Wildman–Crippen LogP) is 1.69. The van der Waals surface area contributed by atoms with Crippen LogP contribution in [0.1, 0.15) is 39.9 Å². The van der Waals surface area contributed by atoms with Gasteiger partial charge in [0.2, 0.25) is 0 Å². The summed E-state index contributed by atoms with van der Waals surface area (Å²) >= 11 is 0. The van der Waals surface area contributed by atoms with E-state index in [1.165, 1.54) is 17.7 Å². The van der Waals surface area contributed by atoms with Gasteiger partial charge >= 0.3 is 11.7 Å². The molecule has 2 heterocycles. The molecule has 0 radical (unpaired) electrons. The molecular formula is C26H27N5O4. The lowest BCUT2D eigenvalue weighted by Crippen LogP contribution is -2.48. The molecule has 0 amide bonds. The Bertz CT molecular complexity index is 1400. The van der Waals surface area contributed by atoms with Crippen LogP contribution in [0.3, 0.4) is 0 Å². The van der Waals surface area contributed by atoms with Crippen molar-refractivity contribution in [1.29, 1.82) is 5.26 Å². The van der Waals surface area contributed by atoms with Crippen LogP contribution in [0.25, 0.3) is 0 Å². The minimum absolute atomic E-state index is 0.0620. The van der Waals surface area contributed by atoms with E-state index >= 15 is 0 Å². The van der Waals surface area contributed by atoms with Gasteiger partial charge in [-0.25, -0.2) is 9.59 Å². The molecule has 2 aromatic carbocycles. The Morgan fingerprint density at radius 2 is 1.77 bits per heavy atom. The Morgan fingerprint density at radius 1 is 1.09 bits per heavy atom. The largest absolute Gasteiger partial charge is 0.465 e. The fourth-order valence-electron chi connectivity index (χ4n) is 4.45. The summed E-state index contributed by atoms with van der Waals surface area (Å²) in [4.78, 5) is 41.1. The van der Waals surface area contributed by atoms with E-state index in [4.69, 9.17) is 10.5 Å². The smallest absolute Gasteiger partial charge is 0.338 e. The minimum atomic E-state index is -0.546. The van der Waals surface area contributed by atoms with Crippen molar-refractivity contribution < 1.29 is 9.53 Å². The molecule has 1 saturated heterocycles. The number of carbonyl (C=O) groups is 1. The number of ether oxygens (including phenoxy) is 1. The zero-order chi connectivity index (χ0) is 24.9. The van der Waals surface area contributed by atoms with Crippen molar-refractivity contribution in [3.63, 3.8) is 0 Å². The van der Waals surface area contributed by atoms with E-state index in [2.05, 4.69) is 6.07 Å². The standard InChI is InChI=1S/C26H27N5O4/c1-35-25(33)22-11-5-4-9-20(22)16-31-24(32)13-23(29-12-6-10-21(28)17-29)30(26(31)34)15-19-8-3-2-7-18(19)14-27/h2-5,7-9,11,13,21H,6,10,12,15-17,28H2,1H3/t21-/m1/s1. The first-order valence-electron chi connectivity index (χ1n) is 11.4. The minimum Gasteiger partial charge on any atom is -0.465 e. The number of carbonyl (C=O) groups excluding carboxylic acids is 1. The van der Waals surface area contributed by atoms with Crippen LogP contribution in [-0.4, -0.2) is 41.3 Å². The number of hydrogen-bond donors (Lipinski definition) is 1. The quantitative estimate of drug-likeness (QED) is 0.541. The molecule has 1 aliphatic heterocycles. The van der Waals surface area contributed by atoms with Gasteiger partial charge < -0.3 is 15.4 Å². The molecule has 9 heteroatoms. The van der Waals surface area contributed by atoms with Gasteiger partial charge in [-0.3, -0.25) is 13.9 Å². The highest BCUT2D eigenvalue weighted by atomic mass is 16.5. The van der Waals surface area contributed by atoms with Crippen molar-refractivity contribution in [2.45, 2.75) is 32.0 Å². The zero-order valence-electron chi connectivity index (χ0n) is 19.5. The summed E-state index contributed by atoms with van der Waals surface area (Å²) in [7, 11) is 1.28. The summed E-state index contributed by atoms with van der Waals surface area (Å²) in [6, 6.07) is 17.3. The second kappa shape index (κ2) is 10.4. The molecule has 35 heavy (non-hydrogen) atoms. The summed E-state index contributed by atoms with van der Waals surface area (Å²) in [5.41, 5.74) is 7.07. The van der Waals surface area contributed by atoms with E-state index in [9.17, 15) is 19.6 Å². The van der Waals surface area contributed by atoms with Crippen molar-refractivity contribution in [2.75, 3.05) is 25.1 Å². The fourth-order valence-corrected chi connectivity index (χ4v) is 4.45. The molecule has 2 N–H and O–H groups in total. The Balaban J connectivity index is 1.85. The number of rotatable bonds is 6. The Labute approximate surface area is 202 Å². The number of nitriles is 1. The van der Waals surface area contributed by atoms with Crippen LogP contribution in [0.4, 0.5) is 5.82 Å². The van der Waals surface area contributed by atoms with Crippen molar-refractivity contribution in [3.8, 4) is 6.07 Å². The van der Waals surface area contributed by atoms with Crippen LogP contribution in [0.15, 0.2) is 64.2 Å². The second-order valence-corrected chi connectivity index (χ2v) is 8.56. The zero-order valence-corrected chi connectivity index (χ0v) is 19.5. The van der Waals surface area contributed by atoms with Gasteiger partial charge in [-0.05, 0) is 36.1 Å². The molecule has 0 aliphatic carbocycles. The third-order valence-electron chi connectivity index (χ3n) is 6.26. The van der Waals surface area contributed by atoms with Crippen LogP contribution >= 0.6 is 0 Å². The number of benzene rings is 2. The average molecular weight is 474 g/mol. The van der Waals surface area contributed by atoms with Gasteiger partial charge in [-0.15, -0.1) is 0 Å². The van der Waals surface area contributed by atoms with Gasteiger partial charge in [0.05, 0.1) is 37.4 Å². The van der Waals surface area contributed by atoms with Gasteiger partial charge in [0, 0.05) is 25.2 Å². The predicted molar refractivity (Wildman–Crippen MR) is 132 cm³/mol. The van der Waals surface area contributed by atoms with Crippen molar-refractivity contribution in [3.05, 3.63) is 97.7 Å². The van der Waals surface area contributed by atoms with Crippen molar-refractivity contribution >= 4 is 11.8 Å². The van der Waals surface area contributed by atoms with Gasteiger partial charge in [0.15, 0.2) is 0 Å². The molecular weight excluding hydrogens is 446 g/mol. The maximum atomic E-state index is 13.8. The summed E-state index contributed by atoms with van der Waals surface area (Å²) in [5.74, 6) is -0.0729. The lowest BCUT2D eigenvalue weighted by molar-refractivity contribution is 0.0599. The third-order valence-corrected chi connectivity index (χ3v) is 6.26. The molecule has 0 unspecified atom stereocenters. The average Bonchev–Trinajstić information content (AvgIpc) is 2.88. The van der Waals surface area contributed by atoms with Gasteiger partial charge in [0.25, 0.3) is 5.56 Å². The van der Waals surface area contributed by atoms with E-state index in [-0.39, 0.29) is 24.7 Å². The number of esters is 1. The molecule has 0 bridgehead atoms. The van der Waals surface area contributed by atoms with Crippen LogP contribution in [-0.2, 0) is 17.8 Å². The number of piperidine rings is 1. The molecule has 3 aromatic rings. The van der Waals surface area contributed by atoms with E-state index in [1.54, 1.807) is 48.5 Å². The van der Waals surface area contributed by atoms with E-state index in [0.29, 0.717) is 35.6 Å². The summed E-state index contributed by atoms with van der Waals surface area (Å²) < 4.78 is 7.46. The van der Waals surface area contributed by atoms with Crippen LogP contribution in [0, 0.1) is 11.3 Å². The number of aromatic nitrogens is 2. The van der Waals surface area contributed by atoms with E-state index < -0.39 is 17.2 Å². The van der Waals surface area contributed by atoms with E-state index in [1.807, 2.05) is 4.90 Å². The molecule has 0 saturated carbocycles. The first kappa shape index (κ1) is 24.0. The Hall–Kier alpha value is -4.16. The lowest BCUT2D eigenvalue weighted by Gasteiger charge is -2.34. The molecule has 1 aromatic heterocycles. The number of methoxy groups -OCH3 is 1. The first-order chi connectivity index (χ1) is 16.9. The van der Waals surface area contributed by atoms with Crippen LogP contribution in [0.2, 0.25) is 0 Å². The topological polar surface area (TPSA) is 123 Å². The maximum absolute atomic E-state index is 13.8. The number of anilines is 1. The highest BCUT2D eigenvalue weighted by Gasteiger charge is 2.23. The Morgan fingerprint density at radius 3 is 2.49 bits per heavy atom. The fraction of sp³-hybridized carbons (Fsp3) is 0.308. The number of nitrogens with two attached hydrogens (primary N) is 1. The summed E-state index contributed by atoms with van der Waals surface area (Å²) in [6.07, 6.45) is 1.72. The summed E-state index contributed by atoms with van der Waals surface area (Å²) in [6.45, 7) is 1.21. The van der Waals surface area contributed by atoms with Gasteiger partial charge in [0.1, 0.15) is 5.82 Å². The van der Waals surface area contributed by atoms with Gasteiger partial charge in [-0.1, -0.05) is 36.4 Å². The monoisotopic (exact) mass is 473 g/mol. The van der Waals surface area contributed by atoms with Crippen LogP contribution < -0.4 is 21.9 Å². The normalized spacial score (nSPS) is 15.5. The third kappa shape index (κ3) is 5.03. The molecule has 1 atom stereocenters. The molecule has 1 aliphatic rings. The highest BCUT2D eigenvalue weighted by Crippen LogP contribution is 2.20. The highest BCUT2D eigenvalue weighted by molar-refractivity contribution is 5.90. The molecule has 4 rings (SSSR count). The summed E-state index contributed by atoms with van der Waals surface area (Å²) in [5, 5.41) is 9.55. The lowest BCUT2D eigenvalue weighted by atomic mass is 10.1. The Kier molecular flexibility index (Phi) is 7.13. The van der Waals surface area contributed by atoms with Crippen molar-refractivity contribution in [1.82, 2.24) is 9.13 Å². The van der Waals surface area contributed by atoms with Gasteiger partial charge in [-0.2, -0.15) is 5.26 Å². The van der Waals surface area contributed by atoms with E-state index in [0.717, 1.165) is 17.4 Å². The second-order valence-electron chi connectivity index (χ2n) is 8.56. The maximum Gasteiger partial charge on any atom is 0.338 e. The molecule has 180 valence electrons. The number of hydrogen-bond acceptors (Lipinski definition) is 7. The number of nitrogens with zero attached hydrogens (tertiary/aromatic N) is 4. The SMILES string of the molecule is COC(=O)c1ccccc1Cn1c(=O)cc(N2CCC[C@@H](N)C2)n(Cc2ccccc2C#N)c1=O. The molecule has 9 nitrogen and oxygen atoms in total. The van der Waals surface area contributed by atoms with Crippen LogP contribution in [0.5, 0.6) is 0 Å². The first-order valence-corrected chi connectivity index (χ1v) is 11.4. The molecule has 1 fully saturated rings. The van der Waals surface area contributed by atoms with Crippen molar-refractivity contribution in [2.24, 2.45) is 5.73 Å².